The SMILES string of the molecule is CCNC1(C(=O)OCC)CCCC(SCCC(C)C)C1. The molecule has 0 heterocycles. The first-order valence-corrected chi connectivity index (χ1v) is 9.12. The van der Waals surface area contributed by atoms with E-state index in [4.69, 9.17) is 4.74 Å². The summed E-state index contributed by atoms with van der Waals surface area (Å²) in [5.74, 6) is 1.92. The van der Waals surface area contributed by atoms with Gasteiger partial charge in [-0.05, 0) is 57.2 Å². The van der Waals surface area contributed by atoms with Crippen LogP contribution in [0.1, 0.15) is 59.8 Å². The lowest BCUT2D eigenvalue weighted by molar-refractivity contribution is -0.152. The first kappa shape index (κ1) is 17.8. The van der Waals surface area contributed by atoms with E-state index < -0.39 is 5.54 Å². The fraction of sp³-hybridized carbons (Fsp3) is 0.938. The van der Waals surface area contributed by atoms with Crippen molar-refractivity contribution in [2.75, 3.05) is 18.9 Å². The van der Waals surface area contributed by atoms with Gasteiger partial charge in [-0.25, -0.2) is 0 Å². The number of esters is 1. The molecule has 0 radical (unpaired) electrons. The molecule has 1 aliphatic rings. The van der Waals surface area contributed by atoms with Gasteiger partial charge in [0, 0.05) is 5.25 Å². The molecular formula is C16H31NO2S. The highest BCUT2D eigenvalue weighted by Gasteiger charge is 2.43. The van der Waals surface area contributed by atoms with Crippen LogP contribution >= 0.6 is 11.8 Å². The van der Waals surface area contributed by atoms with E-state index in [1.807, 2.05) is 18.7 Å². The fourth-order valence-corrected chi connectivity index (χ4v) is 4.54. The van der Waals surface area contributed by atoms with Crippen LogP contribution in [0.25, 0.3) is 0 Å². The van der Waals surface area contributed by atoms with Gasteiger partial charge >= 0.3 is 5.97 Å². The molecule has 1 N–H and O–H groups in total. The molecule has 2 atom stereocenters. The first-order valence-electron chi connectivity index (χ1n) is 8.08. The zero-order chi connectivity index (χ0) is 15.0. The van der Waals surface area contributed by atoms with Crippen LogP contribution < -0.4 is 5.32 Å². The van der Waals surface area contributed by atoms with Crippen molar-refractivity contribution >= 4 is 17.7 Å². The molecule has 0 saturated heterocycles. The Hall–Kier alpha value is -0.220. The van der Waals surface area contributed by atoms with Gasteiger partial charge in [0.25, 0.3) is 0 Å². The third-order valence-corrected chi connectivity index (χ3v) is 5.28. The summed E-state index contributed by atoms with van der Waals surface area (Å²) in [6.45, 7) is 9.77. The summed E-state index contributed by atoms with van der Waals surface area (Å²) < 4.78 is 5.32. The maximum atomic E-state index is 12.3. The predicted octanol–water partition coefficient (Wildman–Crippen LogP) is 3.62. The van der Waals surface area contributed by atoms with Crippen LogP contribution in [0.4, 0.5) is 0 Å². The third-order valence-electron chi connectivity index (χ3n) is 3.94. The molecule has 0 aromatic heterocycles. The summed E-state index contributed by atoms with van der Waals surface area (Å²) in [5.41, 5.74) is -0.432. The summed E-state index contributed by atoms with van der Waals surface area (Å²) in [5, 5.41) is 4.01. The average Bonchev–Trinajstić information content (AvgIpc) is 2.39. The molecule has 0 aromatic carbocycles. The normalized spacial score (nSPS) is 26.8. The summed E-state index contributed by atoms with van der Waals surface area (Å²) in [7, 11) is 0. The molecule has 0 aliphatic heterocycles. The van der Waals surface area contributed by atoms with Gasteiger partial charge in [-0.1, -0.05) is 20.8 Å². The Balaban J connectivity index is 2.59. The topological polar surface area (TPSA) is 38.3 Å². The molecule has 3 nitrogen and oxygen atoms in total. The van der Waals surface area contributed by atoms with Gasteiger partial charge in [0.1, 0.15) is 5.54 Å². The Labute approximate surface area is 128 Å². The smallest absolute Gasteiger partial charge is 0.326 e. The molecule has 0 amide bonds. The molecule has 1 fully saturated rings. The van der Waals surface area contributed by atoms with Crippen LogP contribution in [0.2, 0.25) is 0 Å². The van der Waals surface area contributed by atoms with Gasteiger partial charge in [-0.3, -0.25) is 4.79 Å². The van der Waals surface area contributed by atoms with Gasteiger partial charge in [0.05, 0.1) is 6.61 Å². The number of ether oxygens (including phenoxy) is 1. The van der Waals surface area contributed by atoms with Crippen molar-refractivity contribution in [1.29, 1.82) is 0 Å². The van der Waals surface area contributed by atoms with E-state index in [-0.39, 0.29) is 5.97 Å². The molecule has 0 spiro atoms. The van der Waals surface area contributed by atoms with Crippen molar-refractivity contribution in [2.45, 2.75) is 70.6 Å². The van der Waals surface area contributed by atoms with E-state index in [1.165, 1.54) is 18.6 Å². The summed E-state index contributed by atoms with van der Waals surface area (Å²) in [4.78, 5) is 12.3. The van der Waals surface area contributed by atoms with Gasteiger partial charge in [-0.15, -0.1) is 0 Å². The van der Waals surface area contributed by atoms with Crippen LogP contribution in [-0.4, -0.2) is 35.7 Å². The number of rotatable bonds is 8. The Bertz CT molecular complexity index is 292. The first-order chi connectivity index (χ1) is 9.54. The minimum absolute atomic E-state index is 0.0454. The molecule has 0 bridgehead atoms. The number of nitrogens with one attached hydrogen (secondary N) is 1. The summed E-state index contributed by atoms with van der Waals surface area (Å²) in [6, 6.07) is 0. The molecule has 1 rings (SSSR count). The number of carbonyl (C=O) groups excluding carboxylic acids is 1. The number of thioether (sulfide) groups is 1. The molecule has 0 aromatic rings. The minimum atomic E-state index is -0.432. The number of hydrogen-bond donors (Lipinski definition) is 1. The quantitative estimate of drug-likeness (QED) is 0.695. The lowest BCUT2D eigenvalue weighted by Crippen LogP contribution is -2.56. The van der Waals surface area contributed by atoms with Gasteiger partial charge < -0.3 is 10.1 Å². The second kappa shape index (κ2) is 8.93. The highest BCUT2D eigenvalue weighted by atomic mass is 32.2. The number of carbonyl (C=O) groups is 1. The Morgan fingerprint density at radius 2 is 2.20 bits per heavy atom. The standard InChI is InChI=1S/C16H31NO2S/c1-5-17-16(15(18)19-6-2)10-7-8-14(12-16)20-11-9-13(3)4/h13-14,17H,5-12H2,1-4H3. The fourth-order valence-electron chi connectivity index (χ4n) is 2.86. The van der Waals surface area contributed by atoms with Crippen LogP contribution in [0.15, 0.2) is 0 Å². The van der Waals surface area contributed by atoms with Crippen molar-refractivity contribution in [3.8, 4) is 0 Å². The van der Waals surface area contributed by atoms with Crippen molar-refractivity contribution < 1.29 is 9.53 Å². The maximum Gasteiger partial charge on any atom is 0.326 e. The zero-order valence-corrected chi connectivity index (χ0v) is 14.4. The van der Waals surface area contributed by atoms with E-state index in [1.54, 1.807) is 0 Å². The summed E-state index contributed by atoms with van der Waals surface area (Å²) in [6.07, 6.45) is 5.44. The predicted molar refractivity (Wildman–Crippen MR) is 87.2 cm³/mol. The second-order valence-corrected chi connectivity index (χ2v) is 7.51. The highest BCUT2D eigenvalue weighted by Crippen LogP contribution is 2.36. The monoisotopic (exact) mass is 301 g/mol. The number of hydrogen-bond acceptors (Lipinski definition) is 4. The van der Waals surface area contributed by atoms with E-state index in [2.05, 4.69) is 26.1 Å². The number of likely N-dealkylation sites (N-methyl/N-ethyl adjacent to an activating group) is 1. The minimum Gasteiger partial charge on any atom is -0.465 e. The van der Waals surface area contributed by atoms with Gasteiger partial charge in [-0.2, -0.15) is 11.8 Å². The Morgan fingerprint density at radius 3 is 2.80 bits per heavy atom. The van der Waals surface area contributed by atoms with E-state index >= 15 is 0 Å². The average molecular weight is 301 g/mol. The Kier molecular flexibility index (Phi) is 7.96. The molecule has 2 unspecified atom stereocenters. The molecule has 1 saturated carbocycles. The largest absolute Gasteiger partial charge is 0.465 e. The maximum absolute atomic E-state index is 12.3. The molecule has 20 heavy (non-hydrogen) atoms. The van der Waals surface area contributed by atoms with Crippen LogP contribution in [-0.2, 0) is 9.53 Å². The van der Waals surface area contributed by atoms with Crippen LogP contribution in [0.3, 0.4) is 0 Å². The Morgan fingerprint density at radius 1 is 1.45 bits per heavy atom. The van der Waals surface area contributed by atoms with Crippen LogP contribution in [0, 0.1) is 5.92 Å². The highest BCUT2D eigenvalue weighted by molar-refractivity contribution is 7.99. The lowest BCUT2D eigenvalue weighted by atomic mass is 9.81. The molecule has 1 aliphatic carbocycles. The van der Waals surface area contributed by atoms with Crippen molar-refractivity contribution in [3.05, 3.63) is 0 Å². The van der Waals surface area contributed by atoms with E-state index in [0.717, 1.165) is 31.7 Å². The molecule has 118 valence electrons. The van der Waals surface area contributed by atoms with Crippen molar-refractivity contribution in [2.24, 2.45) is 5.92 Å². The second-order valence-electron chi connectivity index (χ2n) is 6.10. The van der Waals surface area contributed by atoms with Gasteiger partial charge in [0.15, 0.2) is 0 Å². The molecular weight excluding hydrogens is 270 g/mol. The van der Waals surface area contributed by atoms with Crippen LogP contribution in [0.5, 0.6) is 0 Å². The van der Waals surface area contributed by atoms with E-state index in [9.17, 15) is 4.79 Å². The van der Waals surface area contributed by atoms with E-state index in [0.29, 0.717) is 11.9 Å². The lowest BCUT2D eigenvalue weighted by Gasteiger charge is -2.39. The van der Waals surface area contributed by atoms with Crippen molar-refractivity contribution in [1.82, 2.24) is 5.32 Å². The molecule has 4 heteroatoms. The summed E-state index contributed by atoms with van der Waals surface area (Å²) >= 11 is 2.04. The zero-order valence-electron chi connectivity index (χ0n) is 13.5. The van der Waals surface area contributed by atoms with Crippen molar-refractivity contribution in [3.63, 3.8) is 0 Å². The third kappa shape index (κ3) is 5.28. The van der Waals surface area contributed by atoms with Gasteiger partial charge in [0.2, 0.25) is 0 Å².